The van der Waals surface area contributed by atoms with Crippen LogP contribution in [0.3, 0.4) is 0 Å². The Morgan fingerprint density at radius 3 is 2.54 bits per heavy atom. The minimum absolute atomic E-state index is 0.0739. The predicted molar refractivity (Wildman–Crippen MR) is 105 cm³/mol. The average molecular weight is 404 g/mol. The molecule has 146 valence electrons. The maximum Gasteiger partial charge on any atom is 0.319 e. The van der Waals surface area contributed by atoms with Crippen LogP contribution in [0.5, 0.6) is 0 Å². The van der Waals surface area contributed by atoms with Crippen molar-refractivity contribution in [1.29, 1.82) is 0 Å². The van der Waals surface area contributed by atoms with E-state index >= 15 is 0 Å². The van der Waals surface area contributed by atoms with E-state index in [0.29, 0.717) is 30.3 Å². The van der Waals surface area contributed by atoms with Gasteiger partial charge in [-0.15, -0.1) is 11.8 Å². The third-order valence-corrected chi connectivity index (χ3v) is 5.34. The molecule has 0 saturated carbocycles. The molecule has 1 N–H and O–H groups in total. The minimum Gasteiger partial charge on any atom is -0.465 e. The van der Waals surface area contributed by atoms with E-state index in [1.165, 1.54) is 17.8 Å². The van der Waals surface area contributed by atoms with Crippen LogP contribution in [0.2, 0.25) is 5.02 Å². The van der Waals surface area contributed by atoms with Gasteiger partial charge in [-0.25, -0.2) is 4.39 Å². The molecule has 0 aromatic heterocycles. The Bertz CT molecular complexity index is 625. The van der Waals surface area contributed by atoms with Gasteiger partial charge < -0.3 is 10.1 Å². The fourth-order valence-electron chi connectivity index (χ4n) is 2.22. The first-order valence-corrected chi connectivity index (χ1v) is 10.2. The summed E-state index contributed by atoms with van der Waals surface area (Å²) in [5.41, 5.74) is 0.0739. The number of esters is 1. The van der Waals surface area contributed by atoms with E-state index in [1.807, 2.05) is 20.8 Å². The third kappa shape index (κ3) is 7.54. The molecule has 0 fully saturated rings. The molecule has 26 heavy (non-hydrogen) atoms. The molecule has 0 aliphatic heterocycles. The molecule has 0 spiro atoms. The number of nitrogens with one attached hydrogen (secondary N) is 1. The van der Waals surface area contributed by atoms with Gasteiger partial charge in [-0.05, 0) is 37.8 Å². The molecule has 0 saturated heterocycles. The molecule has 0 heterocycles. The molecular weight excluding hydrogens is 377 g/mol. The van der Waals surface area contributed by atoms with Crippen molar-refractivity contribution in [2.45, 2.75) is 63.5 Å². The van der Waals surface area contributed by atoms with Crippen molar-refractivity contribution >= 4 is 40.9 Å². The number of carbonyl (C=O) groups is 2. The first kappa shape index (κ1) is 22.8. The number of anilines is 1. The Kier molecular flexibility index (Phi) is 10.0. The van der Waals surface area contributed by atoms with Crippen molar-refractivity contribution in [3.63, 3.8) is 0 Å². The standard InChI is InChI=1S/C19H27ClFNO3S/c1-5-7-16(19(24)25-6-2)26-17-11-15(14(21)10-13(17)20)22-18(23)9-8-12(3)4/h10-12,16H,5-9H2,1-4H3,(H,22,23). The molecule has 1 unspecified atom stereocenters. The highest BCUT2D eigenvalue weighted by atomic mass is 35.5. The van der Waals surface area contributed by atoms with Crippen molar-refractivity contribution in [2.75, 3.05) is 11.9 Å². The number of rotatable bonds is 10. The van der Waals surface area contributed by atoms with Crippen molar-refractivity contribution < 1.29 is 18.7 Å². The minimum atomic E-state index is -0.597. The van der Waals surface area contributed by atoms with E-state index in [0.717, 1.165) is 18.9 Å². The lowest BCUT2D eigenvalue weighted by Gasteiger charge is -2.16. The zero-order valence-corrected chi connectivity index (χ0v) is 17.3. The fourth-order valence-corrected chi connectivity index (χ4v) is 3.69. The largest absolute Gasteiger partial charge is 0.465 e. The van der Waals surface area contributed by atoms with Gasteiger partial charge in [0.2, 0.25) is 5.91 Å². The highest BCUT2D eigenvalue weighted by Crippen LogP contribution is 2.36. The van der Waals surface area contributed by atoms with Gasteiger partial charge in [-0.1, -0.05) is 38.8 Å². The van der Waals surface area contributed by atoms with Crippen LogP contribution < -0.4 is 5.32 Å². The van der Waals surface area contributed by atoms with Gasteiger partial charge >= 0.3 is 5.97 Å². The van der Waals surface area contributed by atoms with E-state index in [2.05, 4.69) is 5.32 Å². The first-order chi connectivity index (χ1) is 12.3. The highest BCUT2D eigenvalue weighted by molar-refractivity contribution is 8.00. The third-order valence-electron chi connectivity index (χ3n) is 3.61. The summed E-state index contributed by atoms with van der Waals surface area (Å²) >= 11 is 7.37. The number of thioether (sulfide) groups is 1. The molecule has 1 rings (SSSR count). The Morgan fingerprint density at radius 2 is 1.96 bits per heavy atom. The summed E-state index contributed by atoms with van der Waals surface area (Å²) in [5.74, 6) is -0.768. The van der Waals surface area contributed by atoms with Gasteiger partial charge in [0.15, 0.2) is 0 Å². The fraction of sp³-hybridized carbons (Fsp3) is 0.579. The Hall–Kier alpha value is -1.27. The quantitative estimate of drug-likeness (QED) is 0.403. The molecule has 0 aliphatic carbocycles. The zero-order chi connectivity index (χ0) is 19.7. The number of hydrogen-bond donors (Lipinski definition) is 1. The Morgan fingerprint density at radius 1 is 1.27 bits per heavy atom. The Balaban J connectivity index is 2.94. The van der Waals surface area contributed by atoms with Gasteiger partial charge in [0.1, 0.15) is 11.1 Å². The molecule has 1 aromatic rings. The van der Waals surface area contributed by atoms with Gasteiger partial charge in [0.05, 0.1) is 17.3 Å². The maximum absolute atomic E-state index is 14.2. The normalized spacial score (nSPS) is 12.1. The predicted octanol–water partition coefficient (Wildman–Crippen LogP) is 5.68. The van der Waals surface area contributed by atoms with Crippen LogP contribution in [-0.2, 0) is 14.3 Å². The van der Waals surface area contributed by atoms with Gasteiger partial charge in [0.25, 0.3) is 0 Å². The molecule has 4 nitrogen and oxygen atoms in total. The van der Waals surface area contributed by atoms with Gasteiger partial charge in [0, 0.05) is 11.3 Å². The number of hydrogen-bond acceptors (Lipinski definition) is 4. The molecule has 7 heteroatoms. The second kappa shape index (κ2) is 11.4. The lowest BCUT2D eigenvalue weighted by Crippen LogP contribution is -2.20. The van der Waals surface area contributed by atoms with E-state index < -0.39 is 11.1 Å². The molecule has 1 atom stereocenters. The number of amides is 1. The molecule has 1 amide bonds. The number of halogens is 2. The zero-order valence-electron chi connectivity index (χ0n) is 15.7. The van der Waals surface area contributed by atoms with Crippen LogP contribution in [0.15, 0.2) is 17.0 Å². The average Bonchev–Trinajstić information content (AvgIpc) is 2.56. The number of benzene rings is 1. The van der Waals surface area contributed by atoms with Gasteiger partial charge in [-0.3, -0.25) is 9.59 Å². The van der Waals surface area contributed by atoms with E-state index in [1.54, 1.807) is 6.92 Å². The smallest absolute Gasteiger partial charge is 0.319 e. The van der Waals surface area contributed by atoms with Crippen LogP contribution in [-0.4, -0.2) is 23.7 Å². The van der Waals surface area contributed by atoms with Crippen LogP contribution in [0.1, 0.15) is 53.4 Å². The number of ether oxygens (including phenoxy) is 1. The second-order valence-electron chi connectivity index (χ2n) is 6.39. The maximum atomic E-state index is 14.2. The van der Waals surface area contributed by atoms with Crippen molar-refractivity contribution in [2.24, 2.45) is 5.92 Å². The Labute approximate surface area is 164 Å². The first-order valence-electron chi connectivity index (χ1n) is 8.90. The van der Waals surface area contributed by atoms with E-state index in [-0.39, 0.29) is 22.6 Å². The number of carbonyl (C=O) groups excluding carboxylic acids is 2. The SMILES string of the molecule is CCCC(Sc1cc(NC(=O)CCC(C)C)c(F)cc1Cl)C(=O)OCC. The molecule has 0 bridgehead atoms. The van der Waals surface area contributed by atoms with Crippen LogP contribution >= 0.6 is 23.4 Å². The van der Waals surface area contributed by atoms with Gasteiger partial charge in [-0.2, -0.15) is 0 Å². The van der Waals surface area contributed by atoms with Crippen LogP contribution in [0.4, 0.5) is 10.1 Å². The van der Waals surface area contributed by atoms with Crippen LogP contribution in [0.25, 0.3) is 0 Å². The van der Waals surface area contributed by atoms with E-state index in [9.17, 15) is 14.0 Å². The molecule has 1 aromatic carbocycles. The van der Waals surface area contributed by atoms with Crippen LogP contribution in [0, 0.1) is 11.7 Å². The van der Waals surface area contributed by atoms with Crippen molar-refractivity contribution in [1.82, 2.24) is 0 Å². The summed E-state index contributed by atoms with van der Waals surface area (Å²) in [6, 6.07) is 2.65. The molecule has 0 aliphatic rings. The highest BCUT2D eigenvalue weighted by Gasteiger charge is 2.22. The van der Waals surface area contributed by atoms with E-state index in [4.69, 9.17) is 16.3 Å². The summed E-state index contributed by atoms with van der Waals surface area (Å²) in [5, 5.41) is 2.37. The lowest BCUT2D eigenvalue weighted by molar-refractivity contribution is -0.142. The monoisotopic (exact) mass is 403 g/mol. The second-order valence-corrected chi connectivity index (χ2v) is 8.04. The summed E-state index contributed by atoms with van der Waals surface area (Å²) in [6.45, 7) is 8.07. The van der Waals surface area contributed by atoms with Crippen molar-refractivity contribution in [3.8, 4) is 0 Å². The topological polar surface area (TPSA) is 55.4 Å². The van der Waals surface area contributed by atoms with Crippen molar-refractivity contribution in [3.05, 3.63) is 23.0 Å². The molecular formula is C19H27ClFNO3S. The summed E-state index contributed by atoms with van der Waals surface area (Å²) < 4.78 is 19.2. The summed E-state index contributed by atoms with van der Waals surface area (Å²) in [4.78, 5) is 24.6. The summed E-state index contributed by atoms with van der Waals surface area (Å²) in [7, 11) is 0. The summed E-state index contributed by atoms with van der Waals surface area (Å²) in [6.07, 6.45) is 2.47. The molecule has 0 radical (unpaired) electrons. The lowest BCUT2D eigenvalue weighted by atomic mass is 10.1.